The van der Waals surface area contributed by atoms with Gasteiger partial charge in [0.2, 0.25) is 0 Å². The van der Waals surface area contributed by atoms with Crippen molar-refractivity contribution >= 4 is 28.6 Å². The Bertz CT molecular complexity index is 703. The highest BCUT2D eigenvalue weighted by Crippen LogP contribution is 2.32. The van der Waals surface area contributed by atoms with Crippen molar-refractivity contribution < 1.29 is 9.90 Å². The molecule has 0 saturated carbocycles. The number of hydrogen-bond acceptors (Lipinski definition) is 3. The number of amides is 1. The molecule has 1 saturated heterocycles. The largest absolute Gasteiger partial charge is 0.379 e. The highest BCUT2D eigenvalue weighted by Gasteiger charge is 2.43. The molecule has 1 fully saturated rings. The minimum Gasteiger partial charge on any atom is -0.379 e. The second kappa shape index (κ2) is 4.78. The van der Waals surface area contributed by atoms with Crippen molar-refractivity contribution in [3.63, 3.8) is 0 Å². The van der Waals surface area contributed by atoms with Gasteiger partial charge in [-0.1, -0.05) is 18.2 Å². The zero-order valence-electron chi connectivity index (χ0n) is 11.8. The zero-order chi connectivity index (χ0) is 14.4. The number of aliphatic hydroxyl groups is 1. The number of carbonyl (C=O) groups is 1. The Morgan fingerprint density at radius 2 is 2.24 bits per heavy atom. The lowest BCUT2D eigenvalue weighted by Gasteiger charge is -2.33. The van der Waals surface area contributed by atoms with E-state index in [0.29, 0.717) is 25.3 Å². The van der Waals surface area contributed by atoms with Gasteiger partial charge in [0.25, 0.3) is 5.91 Å². The van der Waals surface area contributed by atoms with Crippen LogP contribution < -0.4 is 0 Å². The van der Waals surface area contributed by atoms with Crippen molar-refractivity contribution in [2.24, 2.45) is 0 Å². The summed E-state index contributed by atoms with van der Waals surface area (Å²) in [5.41, 5.74) is 2.42. The number of aromatic nitrogens is 1. The van der Waals surface area contributed by atoms with E-state index in [4.69, 9.17) is 0 Å². The first-order valence-electron chi connectivity index (χ1n) is 7.35. The Balaban J connectivity index is 1.63. The highest BCUT2D eigenvalue weighted by atomic mass is 32.2. The molecule has 4 rings (SSSR count). The van der Waals surface area contributed by atoms with Crippen LogP contribution in [-0.2, 0) is 17.8 Å². The molecule has 5 heteroatoms. The minimum absolute atomic E-state index is 0.100. The summed E-state index contributed by atoms with van der Waals surface area (Å²) >= 11 is 1.66. The third-order valence-corrected chi connectivity index (χ3v) is 5.74. The zero-order valence-corrected chi connectivity index (χ0v) is 12.6. The van der Waals surface area contributed by atoms with Crippen LogP contribution in [-0.4, -0.2) is 44.5 Å². The number of carbonyl (C=O) groups excluding carboxylic acids is 1. The van der Waals surface area contributed by atoms with Gasteiger partial charge < -0.3 is 15.0 Å². The standard InChI is InChI=1S/C16H18N2O2S/c19-15(16(20)6-8-21-10-16)18-7-5-12-11-3-1-2-4-13(11)17-14(12)9-18/h1-4,17,20H,5-10H2. The maximum absolute atomic E-state index is 12.6. The van der Waals surface area contributed by atoms with Crippen LogP contribution in [0, 0.1) is 0 Å². The number of nitrogens with one attached hydrogen (secondary N) is 1. The number of para-hydroxylation sites is 1. The molecule has 4 nitrogen and oxygen atoms in total. The number of fused-ring (bicyclic) bond motifs is 3. The molecule has 1 aromatic heterocycles. The first kappa shape index (κ1) is 13.2. The van der Waals surface area contributed by atoms with Gasteiger partial charge in [-0.2, -0.15) is 11.8 Å². The topological polar surface area (TPSA) is 56.3 Å². The number of thioether (sulfide) groups is 1. The molecular weight excluding hydrogens is 284 g/mol. The smallest absolute Gasteiger partial charge is 0.255 e. The number of rotatable bonds is 1. The normalized spacial score (nSPS) is 25.3. The monoisotopic (exact) mass is 302 g/mol. The van der Waals surface area contributed by atoms with Crippen LogP contribution in [0.25, 0.3) is 10.9 Å². The molecule has 110 valence electrons. The Hall–Kier alpha value is -1.46. The maximum Gasteiger partial charge on any atom is 0.255 e. The molecule has 0 aliphatic carbocycles. The lowest BCUT2D eigenvalue weighted by atomic mass is 9.98. The molecule has 1 amide bonds. The molecule has 0 bridgehead atoms. The van der Waals surface area contributed by atoms with E-state index in [1.165, 1.54) is 10.9 Å². The predicted molar refractivity (Wildman–Crippen MR) is 84.3 cm³/mol. The molecule has 0 radical (unpaired) electrons. The van der Waals surface area contributed by atoms with Gasteiger partial charge in [-0.05, 0) is 30.2 Å². The number of H-pyrrole nitrogens is 1. The summed E-state index contributed by atoms with van der Waals surface area (Å²) in [5, 5.41) is 11.7. The third-order valence-electron chi connectivity index (χ3n) is 4.57. The number of benzene rings is 1. The van der Waals surface area contributed by atoms with Crippen molar-refractivity contribution in [1.82, 2.24) is 9.88 Å². The van der Waals surface area contributed by atoms with Gasteiger partial charge in [0.1, 0.15) is 0 Å². The first-order valence-corrected chi connectivity index (χ1v) is 8.51. The lowest BCUT2D eigenvalue weighted by Crippen LogP contribution is -2.50. The SMILES string of the molecule is O=C(N1CCc2c([nH]c3ccccc23)C1)C1(O)CCSC1. The molecule has 3 heterocycles. The predicted octanol–water partition coefficient (Wildman–Crippen LogP) is 1.92. The van der Waals surface area contributed by atoms with E-state index in [1.807, 2.05) is 17.0 Å². The third kappa shape index (κ3) is 2.07. The molecule has 1 atom stereocenters. The van der Waals surface area contributed by atoms with E-state index >= 15 is 0 Å². The Labute approximate surface area is 127 Å². The Kier molecular flexibility index (Phi) is 3.01. The molecule has 2 aliphatic rings. The van der Waals surface area contributed by atoms with Crippen LogP contribution in [0.4, 0.5) is 0 Å². The fraction of sp³-hybridized carbons (Fsp3) is 0.438. The summed E-state index contributed by atoms with van der Waals surface area (Å²) in [6.07, 6.45) is 1.43. The summed E-state index contributed by atoms with van der Waals surface area (Å²) in [6.45, 7) is 1.27. The van der Waals surface area contributed by atoms with Gasteiger partial charge in [0.15, 0.2) is 5.60 Å². The van der Waals surface area contributed by atoms with Crippen molar-refractivity contribution in [2.45, 2.75) is 25.0 Å². The summed E-state index contributed by atoms with van der Waals surface area (Å²) in [5.74, 6) is 1.30. The van der Waals surface area contributed by atoms with Crippen LogP contribution in [0.3, 0.4) is 0 Å². The van der Waals surface area contributed by atoms with E-state index in [2.05, 4.69) is 17.1 Å². The van der Waals surface area contributed by atoms with E-state index in [1.54, 1.807) is 11.8 Å². The van der Waals surface area contributed by atoms with Gasteiger partial charge in [-0.15, -0.1) is 0 Å². The highest BCUT2D eigenvalue weighted by molar-refractivity contribution is 7.99. The van der Waals surface area contributed by atoms with E-state index in [9.17, 15) is 9.90 Å². The summed E-state index contributed by atoms with van der Waals surface area (Å²) < 4.78 is 0. The van der Waals surface area contributed by atoms with Crippen LogP contribution in [0.2, 0.25) is 0 Å². The fourth-order valence-corrected chi connectivity index (χ4v) is 4.62. The quantitative estimate of drug-likeness (QED) is 0.846. The second-order valence-electron chi connectivity index (χ2n) is 5.94. The van der Waals surface area contributed by atoms with Crippen molar-refractivity contribution in [2.75, 3.05) is 18.1 Å². The summed E-state index contributed by atoms with van der Waals surface area (Å²) in [6, 6.07) is 8.27. The average molecular weight is 302 g/mol. The average Bonchev–Trinajstić information content (AvgIpc) is 3.10. The molecule has 2 aliphatic heterocycles. The minimum atomic E-state index is -1.14. The molecule has 2 N–H and O–H groups in total. The number of aromatic amines is 1. The van der Waals surface area contributed by atoms with Crippen LogP contribution in [0.15, 0.2) is 24.3 Å². The van der Waals surface area contributed by atoms with Gasteiger partial charge in [-0.25, -0.2) is 0 Å². The van der Waals surface area contributed by atoms with Gasteiger partial charge in [0, 0.05) is 28.9 Å². The lowest BCUT2D eigenvalue weighted by molar-refractivity contribution is -0.149. The van der Waals surface area contributed by atoms with E-state index in [-0.39, 0.29) is 5.91 Å². The van der Waals surface area contributed by atoms with Crippen molar-refractivity contribution in [3.05, 3.63) is 35.5 Å². The van der Waals surface area contributed by atoms with Gasteiger partial charge >= 0.3 is 0 Å². The van der Waals surface area contributed by atoms with Crippen LogP contribution in [0.1, 0.15) is 17.7 Å². The van der Waals surface area contributed by atoms with Crippen LogP contribution >= 0.6 is 11.8 Å². The maximum atomic E-state index is 12.6. The van der Waals surface area contributed by atoms with Crippen LogP contribution in [0.5, 0.6) is 0 Å². The number of hydrogen-bond donors (Lipinski definition) is 2. The van der Waals surface area contributed by atoms with Crippen molar-refractivity contribution in [1.29, 1.82) is 0 Å². The van der Waals surface area contributed by atoms with Gasteiger partial charge in [-0.3, -0.25) is 4.79 Å². The summed E-state index contributed by atoms with van der Waals surface area (Å²) in [7, 11) is 0. The molecule has 0 spiro atoms. The van der Waals surface area contributed by atoms with Gasteiger partial charge in [0.05, 0.1) is 6.54 Å². The Morgan fingerprint density at radius 3 is 3.05 bits per heavy atom. The van der Waals surface area contributed by atoms with Crippen molar-refractivity contribution in [3.8, 4) is 0 Å². The second-order valence-corrected chi connectivity index (χ2v) is 7.04. The molecule has 2 aromatic rings. The number of nitrogens with zero attached hydrogens (tertiary/aromatic N) is 1. The molecule has 1 unspecified atom stereocenters. The molecule has 1 aromatic carbocycles. The fourth-order valence-electron chi connectivity index (χ4n) is 3.38. The first-order chi connectivity index (χ1) is 10.2. The van der Waals surface area contributed by atoms with E-state index in [0.717, 1.165) is 23.4 Å². The Morgan fingerprint density at radius 1 is 1.38 bits per heavy atom. The summed E-state index contributed by atoms with van der Waals surface area (Å²) in [4.78, 5) is 17.8. The van der Waals surface area contributed by atoms with E-state index < -0.39 is 5.60 Å². The molecular formula is C16H18N2O2S. The molecule has 21 heavy (non-hydrogen) atoms.